The Morgan fingerprint density at radius 2 is 2.07 bits per heavy atom. The molecule has 7 heteroatoms. The number of hydrogen-bond donors (Lipinski definition) is 1. The molecule has 1 N–H and O–H groups in total. The molecule has 0 spiro atoms. The first kappa shape index (κ1) is 16.5. The molecule has 0 fully saturated rings. The number of hydrogen-bond acceptors (Lipinski definition) is 4. The molecule has 0 aliphatic rings. The van der Waals surface area contributed by atoms with E-state index < -0.39 is 16.1 Å². The average Bonchev–Trinajstić information content (AvgIpc) is 1.96. The standard InChI is InChI=1S/C7H12O5S.Na.H/c1-3-4-12-7(8)6(2)5-13(9,10)11;;/h5H,3-4H2,1-2H3,(H,9,10,11);;/q;+1;-1. The maximum absolute atomic E-state index is 10.9. The van der Waals surface area contributed by atoms with Crippen LogP contribution in [0.2, 0.25) is 0 Å². The molecule has 0 aliphatic carbocycles. The van der Waals surface area contributed by atoms with E-state index in [1.807, 2.05) is 6.92 Å². The van der Waals surface area contributed by atoms with Gasteiger partial charge in [-0.15, -0.1) is 0 Å². The van der Waals surface area contributed by atoms with Crippen molar-refractivity contribution >= 4 is 16.1 Å². The van der Waals surface area contributed by atoms with Crippen molar-refractivity contribution in [3.05, 3.63) is 11.0 Å². The SMILES string of the molecule is CCCOC(=O)C(C)=CS(=O)(=O)O.[H-].[Na+]. The maximum Gasteiger partial charge on any atom is 1.00 e. The van der Waals surface area contributed by atoms with E-state index in [1.54, 1.807) is 0 Å². The van der Waals surface area contributed by atoms with Crippen LogP contribution in [0, 0.1) is 0 Å². The van der Waals surface area contributed by atoms with E-state index in [4.69, 9.17) is 4.55 Å². The fraction of sp³-hybridized carbons (Fsp3) is 0.571. The van der Waals surface area contributed by atoms with Crippen LogP contribution in [0.15, 0.2) is 11.0 Å². The van der Waals surface area contributed by atoms with Gasteiger partial charge in [-0.2, -0.15) is 8.42 Å². The summed E-state index contributed by atoms with van der Waals surface area (Å²) in [5, 5.41) is 0.463. The van der Waals surface area contributed by atoms with E-state index in [0.29, 0.717) is 11.8 Å². The van der Waals surface area contributed by atoms with Gasteiger partial charge in [-0.3, -0.25) is 4.55 Å². The molecule has 0 heterocycles. The first-order chi connectivity index (χ1) is 5.87. The fourth-order valence-electron chi connectivity index (χ4n) is 0.580. The average molecular weight is 232 g/mol. The normalized spacial score (nSPS) is 11.8. The minimum absolute atomic E-state index is 0. The molecule has 0 aromatic rings. The molecule has 0 aliphatic heterocycles. The minimum atomic E-state index is -4.26. The van der Waals surface area contributed by atoms with Crippen molar-refractivity contribution in [2.75, 3.05) is 6.61 Å². The quantitative estimate of drug-likeness (QED) is 0.259. The molecule has 0 saturated heterocycles. The van der Waals surface area contributed by atoms with Crippen LogP contribution in [0.25, 0.3) is 0 Å². The van der Waals surface area contributed by atoms with Crippen LogP contribution in [-0.4, -0.2) is 25.5 Å². The Balaban J connectivity index is -0.000000720. The zero-order valence-electron chi connectivity index (χ0n) is 9.48. The predicted octanol–water partition coefficient (Wildman–Crippen LogP) is -2.15. The maximum atomic E-state index is 10.9. The Hall–Kier alpha value is 0.120. The number of rotatable bonds is 4. The van der Waals surface area contributed by atoms with Gasteiger partial charge in [-0.05, 0) is 13.3 Å². The van der Waals surface area contributed by atoms with Gasteiger partial charge >= 0.3 is 35.5 Å². The summed E-state index contributed by atoms with van der Waals surface area (Å²) in [6.07, 6.45) is 0.658. The topological polar surface area (TPSA) is 80.7 Å². The zero-order valence-corrected chi connectivity index (χ0v) is 11.3. The second kappa shape index (κ2) is 7.42. The van der Waals surface area contributed by atoms with Gasteiger partial charge in [0, 0.05) is 5.57 Å². The third-order valence-corrected chi connectivity index (χ3v) is 1.74. The Morgan fingerprint density at radius 1 is 1.57 bits per heavy atom. The molecule has 0 aromatic heterocycles. The van der Waals surface area contributed by atoms with Gasteiger partial charge < -0.3 is 6.16 Å². The minimum Gasteiger partial charge on any atom is -1.00 e. The molecule has 78 valence electrons. The van der Waals surface area contributed by atoms with E-state index in [-0.39, 0.29) is 43.2 Å². The van der Waals surface area contributed by atoms with Gasteiger partial charge in [-0.25, -0.2) is 4.79 Å². The monoisotopic (exact) mass is 232 g/mol. The van der Waals surface area contributed by atoms with Crippen LogP contribution in [0.1, 0.15) is 21.7 Å². The summed E-state index contributed by atoms with van der Waals surface area (Å²) in [6.45, 7) is 3.30. The molecule has 0 aromatic carbocycles. The second-order valence-corrected chi connectivity index (χ2v) is 3.72. The van der Waals surface area contributed by atoms with Crippen molar-refractivity contribution in [2.24, 2.45) is 0 Å². The van der Waals surface area contributed by atoms with Crippen LogP contribution in [0.3, 0.4) is 0 Å². The molecule has 0 atom stereocenters. The summed E-state index contributed by atoms with van der Waals surface area (Å²) < 4.78 is 33.5. The van der Waals surface area contributed by atoms with Gasteiger partial charge in [0.25, 0.3) is 10.1 Å². The Labute approximate surface area is 107 Å². The van der Waals surface area contributed by atoms with Gasteiger partial charge in [0.1, 0.15) is 0 Å². The molecule has 5 nitrogen and oxygen atoms in total. The van der Waals surface area contributed by atoms with Gasteiger partial charge in [0.05, 0.1) is 12.0 Å². The summed E-state index contributed by atoms with van der Waals surface area (Å²) in [6, 6.07) is 0. The fourth-order valence-corrected chi connectivity index (χ4v) is 1.12. The number of esters is 1. The van der Waals surface area contributed by atoms with E-state index >= 15 is 0 Å². The molecular formula is C7H13NaO5S. The second-order valence-electron chi connectivity index (χ2n) is 2.45. The van der Waals surface area contributed by atoms with E-state index in [1.165, 1.54) is 6.92 Å². The first-order valence-electron chi connectivity index (χ1n) is 3.69. The largest absolute Gasteiger partial charge is 1.00 e. The van der Waals surface area contributed by atoms with Crippen molar-refractivity contribution in [1.29, 1.82) is 0 Å². The van der Waals surface area contributed by atoms with Crippen molar-refractivity contribution in [2.45, 2.75) is 20.3 Å². The Morgan fingerprint density at radius 3 is 2.43 bits per heavy atom. The van der Waals surface area contributed by atoms with Crippen LogP contribution in [-0.2, 0) is 19.6 Å². The van der Waals surface area contributed by atoms with E-state index in [9.17, 15) is 13.2 Å². The van der Waals surface area contributed by atoms with Crippen molar-refractivity contribution in [3.8, 4) is 0 Å². The summed E-state index contributed by atoms with van der Waals surface area (Å²) >= 11 is 0. The van der Waals surface area contributed by atoms with Gasteiger partial charge in [0.2, 0.25) is 0 Å². The molecular weight excluding hydrogens is 219 g/mol. The van der Waals surface area contributed by atoms with Crippen LogP contribution in [0.4, 0.5) is 0 Å². The van der Waals surface area contributed by atoms with E-state index in [2.05, 4.69) is 4.74 Å². The van der Waals surface area contributed by atoms with Crippen LogP contribution in [0.5, 0.6) is 0 Å². The number of carbonyl (C=O) groups is 1. The molecule has 0 bridgehead atoms. The summed E-state index contributed by atoms with van der Waals surface area (Å²) in [4.78, 5) is 10.9. The summed E-state index contributed by atoms with van der Waals surface area (Å²) in [7, 11) is -4.26. The molecule has 14 heavy (non-hydrogen) atoms. The number of carbonyl (C=O) groups excluding carboxylic acids is 1. The zero-order chi connectivity index (χ0) is 10.5. The van der Waals surface area contributed by atoms with Crippen molar-refractivity contribution in [3.63, 3.8) is 0 Å². The Kier molecular flexibility index (Phi) is 8.77. The van der Waals surface area contributed by atoms with Crippen LogP contribution < -0.4 is 29.6 Å². The van der Waals surface area contributed by atoms with Gasteiger partial charge in [0.15, 0.2) is 0 Å². The third-order valence-electron chi connectivity index (χ3n) is 1.08. The Bertz CT molecular complexity index is 311. The molecule has 0 rings (SSSR count). The summed E-state index contributed by atoms with van der Waals surface area (Å²) in [5.41, 5.74) is -0.143. The predicted molar refractivity (Wildman–Crippen MR) is 47.7 cm³/mol. The van der Waals surface area contributed by atoms with Crippen molar-refractivity contribution in [1.82, 2.24) is 0 Å². The van der Waals surface area contributed by atoms with E-state index in [0.717, 1.165) is 0 Å². The van der Waals surface area contributed by atoms with Gasteiger partial charge in [-0.1, -0.05) is 6.92 Å². The molecule has 0 saturated carbocycles. The van der Waals surface area contributed by atoms with Crippen molar-refractivity contribution < 1.29 is 53.5 Å². The third kappa shape index (κ3) is 8.71. The smallest absolute Gasteiger partial charge is 1.00 e. The molecule has 0 radical (unpaired) electrons. The molecule has 0 unspecified atom stereocenters. The van der Waals surface area contributed by atoms with Crippen LogP contribution >= 0.6 is 0 Å². The number of ether oxygens (including phenoxy) is 1. The summed E-state index contributed by atoms with van der Waals surface area (Å²) in [5.74, 6) is -0.737. The first-order valence-corrected chi connectivity index (χ1v) is 5.20. The molecule has 0 amide bonds.